The van der Waals surface area contributed by atoms with E-state index >= 15 is 0 Å². The zero-order valence-corrected chi connectivity index (χ0v) is 21.6. The smallest absolute Gasteiger partial charge is 0.266 e. The highest BCUT2D eigenvalue weighted by Crippen LogP contribution is 2.30. The number of hydrogen-bond donors (Lipinski definition) is 3. The Morgan fingerprint density at radius 3 is 2.49 bits per heavy atom. The molecule has 1 aromatic carbocycles. The lowest BCUT2D eigenvalue weighted by atomic mass is 10.1. The van der Waals surface area contributed by atoms with E-state index in [9.17, 15) is 18.4 Å². The molecule has 3 rings (SSSR count). The molecule has 0 unspecified atom stereocenters. The van der Waals surface area contributed by atoms with Crippen LogP contribution in [-0.4, -0.2) is 26.4 Å². The minimum absolute atomic E-state index is 0. The van der Waals surface area contributed by atoms with E-state index in [0.29, 0.717) is 22.6 Å². The number of carbonyl (C=O) groups excluding carboxylic acids is 1. The summed E-state index contributed by atoms with van der Waals surface area (Å²) in [6, 6.07) is 3.19. The van der Waals surface area contributed by atoms with E-state index in [4.69, 9.17) is 10.5 Å². The number of benzene rings is 1. The Balaban J connectivity index is 0.00000432. The van der Waals surface area contributed by atoms with E-state index in [2.05, 4.69) is 36.2 Å². The van der Waals surface area contributed by atoms with Crippen molar-refractivity contribution in [1.82, 2.24) is 20.3 Å². The second-order valence-electron chi connectivity index (χ2n) is 8.31. The van der Waals surface area contributed by atoms with E-state index < -0.39 is 22.7 Å². The summed E-state index contributed by atoms with van der Waals surface area (Å²) in [7, 11) is 0. The number of hydrogen-bond acceptors (Lipinski definition) is 6. The third kappa shape index (κ3) is 7.30. The molecule has 0 fully saturated rings. The molecule has 0 radical (unpaired) electrons. The fourth-order valence-corrected chi connectivity index (χ4v) is 3.46. The minimum atomic E-state index is -1.00. The molecule has 0 spiro atoms. The second-order valence-corrected chi connectivity index (χ2v) is 9.10. The van der Waals surface area contributed by atoms with Gasteiger partial charge in [-0.3, -0.25) is 19.6 Å². The maximum Gasteiger partial charge on any atom is 0.266 e. The van der Waals surface area contributed by atoms with Crippen LogP contribution in [0, 0.1) is 18.6 Å². The first-order valence-corrected chi connectivity index (χ1v) is 11.1. The first-order chi connectivity index (χ1) is 16.0. The van der Waals surface area contributed by atoms with Gasteiger partial charge >= 0.3 is 0 Å². The lowest BCUT2D eigenvalue weighted by Crippen LogP contribution is -2.48. The number of pyridine rings is 1. The molecule has 0 aliphatic carbocycles. The molecule has 0 aliphatic heterocycles. The first-order valence-electron chi connectivity index (χ1n) is 10.3. The number of aromatic nitrogens is 3. The number of rotatable bonds is 8. The summed E-state index contributed by atoms with van der Waals surface area (Å²) >= 11 is 3.23. The Labute approximate surface area is 215 Å². The van der Waals surface area contributed by atoms with Gasteiger partial charge in [0.2, 0.25) is 5.91 Å². The van der Waals surface area contributed by atoms with Crippen molar-refractivity contribution in [3.05, 3.63) is 85.3 Å². The van der Waals surface area contributed by atoms with E-state index in [1.165, 1.54) is 12.3 Å². The summed E-state index contributed by atoms with van der Waals surface area (Å²) in [5.74, 6) is -1.52. The highest BCUT2D eigenvalue weighted by atomic mass is 79.9. The molecule has 2 aromatic heterocycles. The van der Waals surface area contributed by atoms with Crippen LogP contribution in [0.4, 0.5) is 8.78 Å². The van der Waals surface area contributed by atoms with Crippen molar-refractivity contribution < 1.29 is 18.3 Å². The molecule has 0 atom stereocenters. The van der Waals surface area contributed by atoms with Crippen molar-refractivity contribution in [1.29, 1.82) is 0 Å². The van der Waals surface area contributed by atoms with Crippen LogP contribution in [0.1, 0.15) is 42.1 Å². The molecule has 0 saturated carbocycles. The molecule has 1 amide bonds. The van der Waals surface area contributed by atoms with Gasteiger partial charge in [-0.1, -0.05) is 0 Å². The third-order valence-corrected chi connectivity index (χ3v) is 5.67. The number of halogens is 4. The molecule has 8 nitrogen and oxygen atoms in total. The number of aromatic amines is 1. The molecule has 0 aliphatic rings. The number of nitrogens with two attached hydrogens (primary N) is 1. The van der Waals surface area contributed by atoms with Gasteiger partial charge in [0, 0.05) is 35.5 Å². The Bertz CT molecular complexity index is 1260. The van der Waals surface area contributed by atoms with Crippen LogP contribution in [0.15, 0.2) is 39.9 Å². The fourth-order valence-electron chi connectivity index (χ4n) is 3.00. The normalized spacial score (nSPS) is 11.1. The lowest BCUT2D eigenvalue weighted by molar-refractivity contribution is -0.125. The topological polar surface area (TPSA) is 123 Å². The summed E-state index contributed by atoms with van der Waals surface area (Å²) in [6.07, 6.45) is 3.35. The van der Waals surface area contributed by atoms with Gasteiger partial charge in [0.25, 0.3) is 5.56 Å². The molecule has 2 heterocycles. The van der Waals surface area contributed by atoms with Gasteiger partial charge in [-0.05, 0) is 48.8 Å². The van der Waals surface area contributed by atoms with Crippen molar-refractivity contribution in [3.8, 4) is 5.75 Å². The predicted octanol–water partition coefficient (Wildman–Crippen LogP) is 3.46. The highest BCUT2D eigenvalue weighted by molar-refractivity contribution is 9.10. The SMILES string of the molecule is Cc1[nH]c(=O)c(Br)c(OCc2ccc(F)cc2F)c1Cc1cnc(CNC(=O)C(C)(C)N)cn1.Cl. The summed E-state index contributed by atoms with van der Waals surface area (Å²) in [5.41, 5.74) is 6.78. The van der Waals surface area contributed by atoms with Crippen molar-refractivity contribution in [3.63, 3.8) is 0 Å². The van der Waals surface area contributed by atoms with Gasteiger partial charge in [-0.25, -0.2) is 8.78 Å². The average molecular weight is 573 g/mol. The zero-order valence-electron chi connectivity index (χ0n) is 19.2. The van der Waals surface area contributed by atoms with Gasteiger partial charge in [0.1, 0.15) is 28.5 Å². The molecular weight excluding hydrogens is 548 g/mol. The summed E-state index contributed by atoms with van der Waals surface area (Å²) in [5, 5.41) is 2.69. The van der Waals surface area contributed by atoms with Crippen LogP contribution in [0.2, 0.25) is 0 Å². The number of amides is 1. The van der Waals surface area contributed by atoms with Crippen molar-refractivity contribution in [2.24, 2.45) is 5.73 Å². The monoisotopic (exact) mass is 571 g/mol. The maximum atomic E-state index is 14.0. The quantitative estimate of drug-likeness (QED) is 0.380. The van der Waals surface area contributed by atoms with E-state index in [1.54, 1.807) is 27.0 Å². The zero-order chi connectivity index (χ0) is 25.0. The minimum Gasteiger partial charge on any atom is -0.487 e. The van der Waals surface area contributed by atoms with Gasteiger partial charge < -0.3 is 20.8 Å². The van der Waals surface area contributed by atoms with Crippen molar-refractivity contribution in [2.75, 3.05) is 0 Å². The lowest BCUT2D eigenvalue weighted by Gasteiger charge is -2.17. The number of nitrogens with zero attached hydrogens (tertiary/aromatic N) is 2. The third-order valence-electron chi connectivity index (χ3n) is 4.95. The van der Waals surface area contributed by atoms with Gasteiger partial charge in [-0.2, -0.15) is 0 Å². The van der Waals surface area contributed by atoms with Crippen LogP contribution in [0.3, 0.4) is 0 Å². The first kappa shape index (κ1) is 28.3. The molecule has 4 N–H and O–H groups in total. The number of carbonyl (C=O) groups is 1. The number of nitrogens with one attached hydrogen (secondary N) is 2. The van der Waals surface area contributed by atoms with Crippen LogP contribution in [0.25, 0.3) is 0 Å². The van der Waals surface area contributed by atoms with Crippen molar-refractivity contribution >= 4 is 34.2 Å². The van der Waals surface area contributed by atoms with E-state index in [-0.39, 0.29) is 53.7 Å². The van der Waals surface area contributed by atoms with Crippen LogP contribution in [0.5, 0.6) is 5.75 Å². The Kier molecular flexibility index (Phi) is 9.47. The molecule has 35 heavy (non-hydrogen) atoms. The fraction of sp³-hybridized carbons (Fsp3) is 0.304. The summed E-state index contributed by atoms with van der Waals surface area (Å²) in [4.78, 5) is 35.6. The Morgan fingerprint density at radius 1 is 1.23 bits per heavy atom. The van der Waals surface area contributed by atoms with Gasteiger partial charge in [-0.15, -0.1) is 12.4 Å². The molecule has 188 valence electrons. The van der Waals surface area contributed by atoms with E-state index in [0.717, 1.165) is 12.1 Å². The molecule has 0 saturated heterocycles. The van der Waals surface area contributed by atoms with Crippen LogP contribution >= 0.6 is 28.3 Å². The molecular formula is C23H25BrClF2N5O3. The van der Waals surface area contributed by atoms with Crippen LogP contribution < -0.4 is 21.3 Å². The number of aryl methyl sites for hydroxylation is 1. The number of H-pyrrole nitrogens is 1. The second kappa shape index (κ2) is 11.7. The molecule has 3 aromatic rings. The summed E-state index contributed by atoms with van der Waals surface area (Å²) in [6.45, 7) is 4.88. The summed E-state index contributed by atoms with van der Waals surface area (Å²) < 4.78 is 33.1. The predicted molar refractivity (Wildman–Crippen MR) is 132 cm³/mol. The molecule has 0 bridgehead atoms. The van der Waals surface area contributed by atoms with Gasteiger partial charge in [0.05, 0.1) is 29.7 Å². The number of ether oxygens (including phenoxy) is 1. The van der Waals surface area contributed by atoms with Gasteiger partial charge in [0.15, 0.2) is 0 Å². The Morgan fingerprint density at radius 2 is 1.89 bits per heavy atom. The van der Waals surface area contributed by atoms with Crippen LogP contribution in [-0.2, 0) is 24.4 Å². The standard InChI is InChI=1S/C23H24BrF2N5O3.ClH/c1-12-17(7-15-8-29-16(9-28-15)10-30-22(33)23(2,3)27)20(19(24)21(32)31-12)34-11-13-4-5-14(25)6-18(13)26;/h4-6,8-9H,7,10-11,27H2,1-3H3,(H,30,33)(H,31,32);1H. The van der Waals surface area contributed by atoms with Crippen molar-refractivity contribution in [2.45, 2.75) is 45.9 Å². The Hall–Kier alpha value is -2.89. The maximum absolute atomic E-state index is 14.0. The highest BCUT2D eigenvalue weighted by Gasteiger charge is 2.21. The van der Waals surface area contributed by atoms with E-state index in [1.807, 2.05) is 0 Å². The average Bonchev–Trinajstić information content (AvgIpc) is 2.76. The molecule has 12 heteroatoms. The largest absolute Gasteiger partial charge is 0.487 e.